The van der Waals surface area contributed by atoms with Crippen molar-refractivity contribution in [3.05, 3.63) is 29.8 Å². The van der Waals surface area contributed by atoms with E-state index in [1.165, 1.54) is 18.4 Å². The van der Waals surface area contributed by atoms with Gasteiger partial charge in [0.1, 0.15) is 5.75 Å². The van der Waals surface area contributed by atoms with E-state index in [0.29, 0.717) is 18.5 Å². The molecule has 0 aromatic heterocycles. The van der Waals surface area contributed by atoms with Crippen molar-refractivity contribution >= 4 is 5.97 Å². The minimum absolute atomic E-state index is 0.228. The molecular formula is C15H19NO3. The molecule has 1 aromatic carbocycles. The number of hydrogen-bond donors (Lipinski definition) is 1. The molecule has 1 unspecified atom stereocenters. The molecule has 0 radical (unpaired) electrons. The highest BCUT2D eigenvalue weighted by molar-refractivity contribution is 5.66. The molecule has 0 saturated heterocycles. The van der Waals surface area contributed by atoms with Gasteiger partial charge in [-0.15, -0.1) is 0 Å². The molecule has 102 valence electrons. The Kier molecular flexibility index (Phi) is 3.42. The first-order valence-corrected chi connectivity index (χ1v) is 6.91. The number of ether oxygens (including phenoxy) is 1. The highest BCUT2D eigenvalue weighted by Crippen LogP contribution is 2.36. The maximum atomic E-state index is 10.7. The fourth-order valence-corrected chi connectivity index (χ4v) is 2.77. The molecule has 1 N–H and O–H groups in total. The zero-order valence-electron chi connectivity index (χ0n) is 10.9. The van der Waals surface area contributed by atoms with E-state index in [0.717, 1.165) is 18.9 Å². The molecule has 1 aliphatic heterocycles. The SMILES string of the molecule is O=C(O)CCN(CC1COc2ccccc21)C1CC1. The molecule has 0 amide bonds. The van der Waals surface area contributed by atoms with Crippen molar-refractivity contribution < 1.29 is 14.6 Å². The van der Waals surface area contributed by atoms with Crippen molar-refractivity contribution in [2.24, 2.45) is 0 Å². The average Bonchev–Trinajstić information content (AvgIpc) is 3.17. The molecule has 0 spiro atoms. The standard InChI is InChI=1S/C15H19NO3/c17-15(18)7-8-16(12-5-6-12)9-11-10-19-14-4-2-1-3-13(11)14/h1-4,11-12H,5-10H2,(H,17,18). The Balaban J connectivity index is 1.64. The summed E-state index contributed by atoms with van der Waals surface area (Å²) in [5, 5.41) is 8.83. The molecule has 4 heteroatoms. The van der Waals surface area contributed by atoms with E-state index in [-0.39, 0.29) is 6.42 Å². The van der Waals surface area contributed by atoms with Crippen LogP contribution >= 0.6 is 0 Å². The topological polar surface area (TPSA) is 49.8 Å². The van der Waals surface area contributed by atoms with Crippen LogP contribution in [0.2, 0.25) is 0 Å². The number of fused-ring (bicyclic) bond motifs is 1. The van der Waals surface area contributed by atoms with Crippen molar-refractivity contribution in [3.63, 3.8) is 0 Å². The van der Waals surface area contributed by atoms with Gasteiger partial charge in [0.25, 0.3) is 0 Å². The van der Waals surface area contributed by atoms with Crippen LogP contribution in [-0.4, -0.2) is 41.7 Å². The lowest BCUT2D eigenvalue weighted by molar-refractivity contribution is -0.137. The van der Waals surface area contributed by atoms with E-state index < -0.39 is 5.97 Å². The van der Waals surface area contributed by atoms with Crippen molar-refractivity contribution in [2.75, 3.05) is 19.7 Å². The van der Waals surface area contributed by atoms with Crippen LogP contribution in [0.4, 0.5) is 0 Å². The Morgan fingerprint density at radius 1 is 1.37 bits per heavy atom. The number of carboxylic acids is 1. The second-order valence-electron chi connectivity index (χ2n) is 5.42. The highest BCUT2D eigenvalue weighted by Gasteiger charge is 2.33. The molecule has 4 nitrogen and oxygen atoms in total. The Morgan fingerprint density at radius 2 is 2.16 bits per heavy atom. The molecule has 1 aliphatic carbocycles. The van der Waals surface area contributed by atoms with Crippen LogP contribution in [0.15, 0.2) is 24.3 Å². The minimum atomic E-state index is -0.714. The summed E-state index contributed by atoms with van der Waals surface area (Å²) in [6, 6.07) is 8.75. The average molecular weight is 261 g/mol. The molecule has 0 bridgehead atoms. The van der Waals surface area contributed by atoms with Gasteiger partial charge in [-0.25, -0.2) is 0 Å². The molecule has 19 heavy (non-hydrogen) atoms. The van der Waals surface area contributed by atoms with E-state index in [1.54, 1.807) is 0 Å². The van der Waals surface area contributed by atoms with Crippen LogP contribution < -0.4 is 4.74 Å². The smallest absolute Gasteiger partial charge is 0.304 e. The second kappa shape index (κ2) is 5.21. The van der Waals surface area contributed by atoms with Gasteiger partial charge in [-0.1, -0.05) is 18.2 Å². The van der Waals surface area contributed by atoms with E-state index in [4.69, 9.17) is 9.84 Å². The minimum Gasteiger partial charge on any atom is -0.493 e. The first kappa shape index (κ1) is 12.5. The summed E-state index contributed by atoms with van der Waals surface area (Å²) in [5.41, 5.74) is 1.27. The summed E-state index contributed by atoms with van der Waals surface area (Å²) in [7, 11) is 0. The molecule has 3 rings (SSSR count). The Morgan fingerprint density at radius 3 is 2.89 bits per heavy atom. The van der Waals surface area contributed by atoms with Crippen molar-refractivity contribution in [2.45, 2.75) is 31.2 Å². The van der Waals surface area contributed by atoms with Crippen molar-refractivity contribution in [1.29, 1.82) is 0 Å². The molecule has 1 heterocycles. The predicted octanol–water partition coefficient (Wildman–Crippen LogP) is 2.10. The third-order valence-corrected chi connectivity index (χ3v) is 3.93. The fourth-order valence-electron chi connectivity index (χ4n) is 2.77. The normalized spacial score (nSPS) is 21.2. The maximum absolute atomic E-state index is 10.7. The largest absolute Gasteiger partial charge is 0.493 e. The third kappa shape index (κ3) is 2.89. The number of carbonyl (C=O) groups is 1. The van der Waals surface area contributed by atoms with Gasteiger partial charge < -0.3 is 9.84 Å². The predicted molar refractivity (Wildman–Crippen MR) is 71.5 cm³/mol. The summed E-state index contributed by atoms with van der Waals surface area (Å²) in [4.78, 5) is 13.1. The number of rotatable bonds is 6. The summed E-state index contributed by atoms with van der Waals surface area (Å²) < 4.78 is 5.69. The number of hydrogen-bond acceptors (Lipinski definition) is 3. The van der Waals surface area contributed by atoms with Gasteiger partial charge in [0.15, 0.2) is 0 Å². The maximum Gasteiger partial charge on any atom is 0.304 e. The van der Waals surface area contributed by atoms with Crippen LogP contribution in [0.3, 0.4) is 0 Å². The molecule has 1 aromatic rings. The molecular weight excluding hydrogens is 242 g/mol. The number of benzene rings is 1. The van der Waals surface area contributed by atoms with Crippen molar-refractivity contribution in [1.82, 2.24) is 4.90 Å². The van der Waals surface area contributed by atoms with Crippen LogP contribution in [0, 0.1) is 0 Å². The van der Waals surface area contributed by atoms with Gasteiger partial charge in [-0.3, -0.25) is 9.69 Å². The van der Waals surface area contributed by atoms with Crippen LogP contribution in [0.1, 0.15) is 30.7 Å². The van der Waals surface area contributed by atoms with Gasteiger partial charge in [0.2, 0.25) is 0 Å². The molecule has 1 saturated carbocycles. The summed E-state index contributed by atoms with van der Waals surface area (Å²) in [5.74, 6) is 0.654. The van der Waals surface area contributed by atoms with Crippen LogP contribution in [0.25, 0.3) is 0 Å². The number of para-hydroxylation sites is 1. The third-order valence-electron chi connectivity index (χ3n) is 3.93. The summed E-state index contributed by atoms with van der Waals surface area (Å²) in [6.07, 6.45) is 2.63. The van der Waals surface area contributed by atoms with E-state index in [1.807, 2.05) is 18.2 Å². The number of carboxylic acid groups (broad SMARTS) is 1. The van der Waals surface area contributed by atoms with E-state index in [9.17, 15) is 4.79 Å². The summed E-state index contributed by atoms with van der Waals surface area (Å²) in [6.45, 7) is 2.28. The van der Waals surface area contributed by atoms with Crippen LogP contribution in [0.5, 0.6) is 5.75 Å². The van der Waals surface area contributed by atoms with Crippen molar-refractivity contribution in [3.8, 4) is 5.75 Å². The van der Waals surface area contributed by atoms with Gasteiger partial charge in [-0.05, 0) is 18.9 Å². The molecule has 1 atom stereocenters. The van der Waals surface area contributed by atoms with Gasteiger partial charge in [0, 0.05) is 30.6 Å². The van der Waals surface area contributed by atoms with E-state index in [2.05, 4.69) is 11.0 Å². The van der Waals surface area contributed by atoms with E-state index >= 15 is 0 Å². The second-order valence-corrected chi connectivity index (χ2v) is 5.42. The van der Waals surface area contributed by atoms with Gasteiger partial charge >= 0.3 is 5.97 Å². The quantitative estimate of drug-likeness (QED) is 0.852. The van der Waals surface area contributed by atoms with Gasteiger partial charge in [-0.2, -0.15) is 0 Å². The van der Waals surface area contributed by atoms with Gasteiger partial charge in [0.05, 0.1) is 13.0 Å². The molecule has 2 aliphatic rings. The Bertz CT molecular complexity index is 470. The zero-order chi connectivity index (χ0) is 13.2. The van der Waals surface area contributed by atoms with Crippen LogP contribution in [-0.2, 0) is 4.79 Å². The lowest BCUT2D eigenvalue weighted by Crippen LogP contribution is -2.33. The number of aliphatic carboxylic acids is 1. The molecule has 1 fully saturated rings. The zero-order valence-corrected chi connectivity index (χ0v) is 10.9. The lowest BCUT2D eigenvalue weighted by Gasteiger charge is -2.24. The first-order valence-electron chi connectivity index (χ1n) is 6.91. The Labute approximate surface area is 113 Å². The fraction of sp³-hybridized carbons (Fsp3) is 0.533. The highest BCUT2D eigenvalue weighted by atomic mass is 16.5. The lowest BCUT2D eigenvalue weighted by atomic mass is 10.0. The first-order chi connectivity index (χ1) is 9.24. The number of nitrogens with zero attached hydrogens (tertiary/aromatic N) is 1. The Hall–Kier alpha value is -1.55. The monoisotopic (exact) mass is 261 g/mol. The summed E-state index contributed by atoms with van der Waals surface area (Å²) >= 11 is 0.